The standard InChI is InChI=1S/C19H16ClFN2O4S/c1-26-17-7-4-13(20)10-18(17)28(24,25)23-9-8-16-15(11-23)19(27-22-16)12-2-5-14(21)6-3-12/h2-7,10H,8-9,11H2,1H3. The Morgan fingerprint density at radius 1 is 1.21 bits per heavy atom. The molecule has 2 aromatic carbocycles. The van der Waals surface area contributed by atoms with E-state index in [2.05, 4.69) is 5.16 Å². The molecule has 1 aromatic heterocycles. The van der Waals surface area contributed by atoms with Gasteiger partial charge in [-0.1, -0.05) is 16.8 Å². The van der Waals surface area contributed by atoms with Gasteiger partial charge in [0.2, 0.25) is 10.0 Å². The van der Waals surface area contributed by atoms with Crippen LogP contribution in [0.15, 0.2) is 51.9 Å². The Bertz CT molecular complexity index is 1130. The van der Waals surface area contributed by atoms with E-state index in [0.29, 0.717) is 34.0 Å². The van der Waals surface area contributed by atoms with E-state index in [9.17, 15) is 12.8 Å². The minimum atomic E-state index is -3.86. The van der Waals surface area contributed by atoms with Crippen molar-refractivity contribution in [2.75, 3.05) is 13.7 Å². The molecule has 3 aromatic rings. The largest absolute Gasteiger partial charge is 0.495 e. The lowest BCUT2D eigenvalue weighted by Gasteiger charge is -2.26. The number of aromatic nitrogens is 1. The second-order valence-electron chi connectivity index (χ2n) is 6.33. The van der Waals surface area contributed by atoms with Crippen molar-refractivity contribution in [2.45, 2.75) is 17.9 Å². The molecular formula is C19H16ClFN2O4S. The van der Waals surface area contributed by atoms with Gasteiger partial charge in [-0.25, -0.2) is 12.8 Å². The molecule has 0 radical (unpaired) electrons. The first kappa shape index (κ1) is 18.9. The summed E-state index contributed by atoms with van der Waals surface area (Å²) < 4.78 is 51.7. The van der Waals surface area contributed by atoms with Gasteiger partial charge in [0, 0.05) is 35.7 Å². The zero-order chi connectivity index (χ0) is 19.9. The van der Waals surface area contributed by atoms with Gasteiger partial charge in [-0.3, -0.25) is 0 Å². The van der Waals surface area contributed by atoms with Crippen molar-refractivity contribution in [1.82, 2.24) is 9.46 Å². The van der Waals surface area contributed by atoms with E-state index < -0.39 is 10.0 Å². The molecular weight excluding hydrogens is 407 g/mol. The van der Waals surface area contributed by atoms with Gasteiger partial charge in [-0.05, 0) is 42.5 Å². The third kappa shape index (κ3) is 3.28. The number of hydrogen-bond donors (Lipinski definition) is 0. The van der Waals surface area contributed by atoms with E-state index in [0.717, 1.165) is 0 Å². The molecule has 0 N–H and O–H groups in total. The SMILES string of the molecule is COc1ccc(Cl)cc1S(=O)(=O)N1CCc2noc(-c3ccc(F)cc3)c2C1. The Morgan fingerprint density at radius 2 is 1.96 bits per heavy atom. The van der Waals surface area contributed by atoms with Crippen LogP contribution >= 0.6 is 11.6 Å². The number of methoxy groups -OCH3 is 1. The fraction of sp³-hybridized carbons (Fsp3) is 0.211. The van der Waals surface area contributed by atoms with Gasteiger partial charge < -0.3 is 9.26 Å². The summed E-state index contributed by atoms with van der Waals surface area (Å²) in [5.41, 5.74) is 2.00. The van der Waals surface area contributed by atoms with Gasteiger partial charge in [0.25, 0.3) is 0 Å². The predicted octanol–water partition coefficient (Wildman–Crippen LogP) is 3.89. The summed E-state index contributed by atoms with van der Waals surface area (Å²) >= 11 is 6.01. The van der Waals surface area contributed by atoms with Crippen LogP contribution in [0.3, 0.4) is 0 Å². The lowest BCUT2D eigenvalue weighted by Crippen LogP contribution is -2.36. The zero-order valence-corrected chi connectivity index (χ0v) is 16.4. The third-order valence-corrected chi connectivity index (χ3v) is 6.75. The van der Waals surface area contributed by atoms with E-state index in [1.165, 1.54) is 35.7 Å². The van der Waals surface area contributed by atoms with E-state index in [1.54, 1.807) is 18.2 Å². The maximum absolute atomic E-state index is 13.2. The molecule has 0 aliphatic carbocycles. The van der Waals surface area contributed by atoms with Gasteiger partial charge in [0.1, 0.15) is 16.5 Å². The van der Waals surface area contributed by atoms with Crippen molar-refractivity contribution in [3.63, 3.8) is 0 Å². The Balaban J connectivity index is 1.72. The Kier molecular flexibility index (Phi) is 4.86. The first-order chi connectivity index (χ1) is 13.4. The van der Waals surface area contributed by atoms with Crippen LogP contribution in [0, 0.1) is 5.82 Å². The van der Waals surface area contributed by atoms with Gasteiger partial charge in [0.05, 0.1) is 12.8 Å². The molecule has 4 rings (SSSR count). The summed E-state index contributed by atoms with van der Waals surface area (Å²) in [5.74, 6) is 0.293. The number of nitrogens with zero attached hydrogens (tertiary/aromatic N) is 2. The monoisotopic (exact) mass is 422 g/mol. The van der Waals surface area contributed by atoms with Crippen LogP contribution in [0.25, 0.3) is 11.3 Å². The van der Waals surface area contributed by atoms with Crippen LogP contribution in [0.2, 0.25) is 5.02 Å². The molecule has 1 aliphatic rings. The van der Waals surface area contributed by atoms with Gasteiger partial charge in [-0.15, -0.1) is 0 Å². The molecule has 0 spiro atoms. The van der Waals surface area contributed by atoms with Crippen molar-refractivity contribution in [1.29, 1.82) is 0 Å². The molecule has 1 aliphatic heterocycles. The highest BCUT2D eigenvalue weighted by atomic mass is 35.5. The maximum atomic E-state index is 13.2. The number of rotatable bonds is 4. The highest BCUT2D eigenvalue weighted by molar-refractivity contribution is 7.89. The molecule has 2 heterocycles. The van der Waals surface area contributed by atoms with Crippen LogP contribution in [-0.4, -0.2) is 31.5 Å². The fourth-order valence-electron chi connectivity index (χ4n) is 3.21. The topological polar surface area (TPSA) is 72.6 Å². The van der Waals surface area contributed by atoms with Crippen LogP contribution in [0.1, 0.15) is 11.3 Å². The van der Waals surface area contributed by atoms with Crippen molar-refractivity contribution < 1.29 is 22.1 Å². The highest BCUT2D eigenvalue weighted by Crippen LogP contribution is 2.35. The highest BCUT2D eigenvalue weighted by Gasteiger charge is 2.34. The molecule has 0 saturated heterocycles. The Morgan fingerprint density at radius 3 is 2.68 bits per heavy atom. The van der Waals surface area contributed by atoms with Crippen LogP contribution in [0.4, 0.5) is 4.39 Å². The predicted molar refractivity (Wildman–Crippen MR) is 101 cm³/mol. The molecule has 6 nitrogen and oxygen atoms in total. The molecule has 28 heavy (non-hydrogen) atoms. The molecule has 0 atom stereocenters. The summed E-state index contributed by atoms with van der Waals surface area (Å²) in [7, 11) is -2.45. The van der Waals surface area contributed by atoms with Gasteiger partial charge in [-0.2, -0.15) is 4.31 Å². The van der Waals surface area contributed by atoms with E-state index in [4.69, 9.17) is 20.9 Å². The number of hydrogen-bond acceptors (Lipinski definition) is 5. The summed E-state index contributed by atoms with van der Waals surface area (Å²) in [5, 5.41) is 4.36. The molecule has 0 unspecified atom stereocenters. The number of ether oxygens (including phenoxy) is 1. The normalized spacial score (nSPS) is 14.7. The number of halogens is 2. The maximum Gasteiger partial charge on any atom is 0.247 e. The molecule has 146 valence electrons. The van der Waals surface area contributed by atoms with Gasteiger partial charge >= 0.3 is 0 Å². The minimum Gasteiger partial charge on any atom is -0.495 e. The van der Waals surface area contributed by atoms with Crippen molar-refractivity contribution in [3.05, 3.63) is 64.6 Å². The summed E-state index contributed by atoms with van der Waals surface area (Å²) in [6, 6.07) is 10.2. The summed E-state index contributed by atoms with van der Waals surface area (Å²) in [6.07, 6.45) is 0.405. The van der Waals surface area contributed by atoms with Crippen LogP contribution < -0.4 is 4.74 Å². The average molecular weight is 423 g/mol. The molecule has 0 bridgehead atoms. The number of benzene rings is 2. The fourth-order valence-corrected chi connectivity index (χ4v) is 5.04. The first-order valence-corrected chi connectivity index (χ1v) is 10.3. The van der Waals surface area contributed by atoms with E-state index in [1.807, 2.05) is 0 Å². The smallest absolute Gasteiger partial charge is 0.247 e. The zero-order valence-electron chi connectivity index (χ0n) is 14.9. The van der Waals surface area contributed by atoms with E-state index in [-0.39, 0.29) is 29.6 Å². The lowest BCUT2D eigenvalue weighted by molar-refractivity contribution is 0.375. The van der Waals surface area contributed by atoms with Crippen molar-refractivity contribution in [3.8, 4) is 17.1 Å². The first-order valence-electron chi connectivity index (χ1n) is 8.47. The molecule has 0 amide bonds. The summed E-state index contributed by atoms with van der Waals surface area (Å²) in [6.45, 7) is 0.337. The molecule has 9 heteroatoms. The minimum absolute atomic E-state index is 0.00531. The van der Waals surface area contributed by atoms with Crippen molar-refractivity contribution in [2.24, 2.45) is 0 Å². The molecule has 0 saturated carbocycles. The van der Waals surface area contributed by atoms with Gasteiger partial charge in [0.15, 0.2) is 5.76 Å². The second-order valence-corrected chi connectivity index (χ2v) is 8.67. The average Bonchev–Trinajstić information content (AvgIpc) is 3.12. The third-order valence-electron chi connectivity index (χ3n) is 4.65. The quantitative estimate of drug-likeness (QED) is 0.637. The lowest BCUT2D eigenvalue weighted by atomic mass is 10.0. The second kappa shape index (κ2) is 7.20. The molecule has 0 fully saturated rings. The number of fused-ring (bicyclic) bond motifs is 1. The number of sulfonamides is 1. The van der Waals surface area contributed by atoms with Crippen LogP contribution in [0.5, 0.6) is 5.75 Å². The van der Waals surface area contributed by atoms with Crippen molar-refractivity contribution >= 4 is 21.6 Å². The van der Waals surface area contributed by atoms with E-state index >= 15 is 0 Å². The Labute approximate surface area is 166 Å². The Hall–Kier alpha value is -2.42. The summed E-state index contributed by atoms with van der Waals surface area (Å²) in [4.78, 5) is 0.00531. The van der Waals surface area contributed by atoms with Crippen LogP contribution in [-0.2, 0) is 23.0 Å².